The zero-order valence-corrected chi connectivity index (χ0v) is 10.8. The van der Waals surface area contributed by atoms with Crippen molar-refractivity contribution in [2.24, 2.45) is 0 Å². The van der Waals surface area contributed by atoms with E-state index in [1.54, 1.807) is 0 Å². The molecule has 0 aliphatic carbocycles. The van der Waals surface area contributed by atoms with Crippen molar-refractivity contribution in [3.05, 3.63) is 0 Å². The molecule has 0 saturated carbocycles. The molecule has 2 aliphatic rings. The van der Waals surface area contributed by atoms with Crippen LogP contribution in [0, 0.1) is 0 Å². The van der Waals surface area contributed by atoms with E-state index < -0.39 is 41.5 Å². The molecule has 9 heteroatoms. The van der Waals surface area contributed by atoms with E-state index in [0.717, 1.165) is 11.8 Å². The summed E-state index contributed by atoms with van der Waals surface area (Å²) in [6.07, 6.45) is -3.70. The third kappa shape index (κ3) is 2.33. The summed E-state index contributed by atoms with van der Waals surface area (Å²) >= 11 is 5.83. The van der Waals surface area contributed by atoms with Gasteiger partial charge in [0.2, 0.25) is 5.91 Å². The predicted molar refractivity (Wildman–Crippen MR) is 67.9 cm³/mol. The number of aliphatic hydroxyl groups excluding tert-OH is 4. The van der Waals surface area contributed by atoms with Crippen LogP contribution in [0.3, 0.4) is 0 Å². The molecular formula is C9H14N2O5S2. The Balaban J connectivity index is 2.21. The number of nitrogens with one attached hydrogen (secondary N) is 2. The molecule has 18 heavy (non-hydrogen) atoms. The number of amides is 1. The minimum absolute atomic E-state index is 0.106. The zero-order valence-electron chi connectivity index (χ0n) is 9.18. The van der Waals surface area contributed by atoms with E-state index in [2.05, 4.69) is 10.6 Å². The van der Waals surface area contributed by atoms with Crippen LogP contribution in [-0.2, 0) is 4.79 Å². The first-order valence-electron chi connectivity index (χ1n) is 5.37. The van der Waals surface area contributed by atoms with Gasteiger partial charge in [-0.25, -0.2) is 0 Å². The molecule has 0 unspecified atom stereocenters. The summed E-state index contributed by atoms with van der Waals surface area (Å²) in [7, 11) is 0. The highest BCUT2D eigenvalue weighted by Crippen LogP contribution is 2.35. The zero-order chi connectivity index (χ0) is 13.4. The van der Waals surface area contributed by atoms with E-state index >= 15 is 0 Å². The fourth-order valence-corrected chi connectivity index (χ4v) is 3.84. The standard InChI is InChI=1S/C9H14N2O5S2/c12-1-2(13)6-5(15)4(14)3-7(18-6)8(16)11-9(17)10-3/h2-7,12-15H,1H2,(H2,10,11,16,17)/t2-,3-,4-,5+,6-,7+/m1/s1. The van der Waals surface area contributed by atoms with Crippen LogP contribution in [0.5, 0.6) is 0 Å². The molecule has 2 rings (SSSR count). The van der Waals surface area contributed by atoms with Gasteiger partial charge in [-0.3, -0.25) is 4.79 Å². The van der Waals surface area contributed by atoms with Crippen LogP contribution in [-0.4, -0.2) is 72.9 Å². The maximum Gasteiger partial charge on any atom is 0.241 e. The number of fused-ring (bicyclic) bond motifs is 1. The SMILES string of the molecule is O=C1NC(=S)N[C@@H]2[C@@H](O)[C@H](O)[C@@H]([C@H](O)CO)S[C@H]12. The van der Waals surface area contributed by atoms with Crippen LogP contribution in [0.1, 0.15) is 0 Å². The van der Waals surface area contributed by atoms with Gasteiger partial charge in [-0.15, -0.1) is 11.8 Å². The summed E-state index contributed by atoms with van der Waals surface area (Å²) < 4.78 is 0. The van der Waals surface area contributed by atoms with Crippen molar-refractivity contribution in [2.45, 2.75) is 34.9 Å². The van der Waals surface area contributed by atoms with Gasteiger partial charge in [-0.05, 0) is 12.2 Å². The molecule has 0 spiro atoms. The topological polar surface area (TPSA) is 122 Å². The molecule has 2 heterocycles. The van der Waals surface area contributed by atoms with Crippen LogP contribution in [0.2, 0.25) is 0 Å². The van der Waals surface area contributed by atoms with Crippen LogP contribution < -0.4 is 10.6 Å². The molecule has 6 N–H and O–H groups in total. The minimum atomic E-state index is -1.25. The molecular weight excluding hydrogens is 280 g/mol. The molecule has 2 fully saturated rings. The van der Waals surface area contributed by atoms with E-state index in [9.17, 15) is 20.1 Å². The van der Waals surface area contributed by atoms with Crippen molar-refractivity contribution in [3.63, 3.8) is 0 Å². The largest absolute Gasteiger partial charge is 0.394 e. The van der Waals surface area contributed by atoms with Gasteiger partial charge in [0.15, 0.2) is 5.11 Å². The van der Waals surface area contributed by atoms with Gasteiger partial charge >= 0.3 is 0 Å². The van der Waals surface area contributed by atoms with Crippen molar-refractivity contribution in [2.75, 3.05) is 6.61 Å². The monoisotopic (exact) mass is 294 g/mol. The molecule has 0 radical (unpaired) electrons. The lowest BCUT2D eigenvalue weighted by molar-refractivity contribution is -0.122. The highest BCUT2D eigenvalue weighted by molar-refractivity contribution is 8.01. The number of hydrogen-bond acceptors (Lipinski definition) is 7. The number of thioether (sulfide) groups is 1. The lowest BCUT2D eigenvalue weighted by atomic mass is 9.95. The van der Waals surface area contributed by atoms with Gasteiger partial charge in [-0.1, -0.05) is 0 Å². The number of hydrogen-bond donors (Lipinski definition) is 6. The van der Waals surface area contributed by atoms with Crippen molar-refractivity contribution in [1.29, 1.82) is 0 Å². The Labute approximate surface area is 113 Å². The van der Waals surface area contributed by atoms with Gasteiger partial charge in [0.05, 0.1) is 30.1 Å². The molecule has 6 atom stereocenters. The molecule has 7 nitrogen and oxygen atoms in total. The number of carbonyl (C=O) groups excluding carboxylic acids is 1. The maximum atomic E-state index is 11.8. The number of rotatable bonds is 2. The molecule has 2 saturated heterocycles. The van der Waals surface area contributed by atoms with Crippen LogP contribution >= 0.6 is 24.0 Å². The first-order chi connectivity index (χ1) is 8.45. The third-order valence-electron chi connectivity index (χ3n) is 3.04. The van der Waals surface area contributed by atoms with E-state index in [-0.39, 0.29) is 11.0 Å². The average molecular weight is 294 g/mol. The summed E-state index contributed by atoms with van der Waals surface area (Å²) in [5.74, 6) is -0.380. The molecule has 2 aliphatic heterocycles. The highest BCUT2D eigenvalue weighted by atomic mass is 32.2. The van der Waals surface area contributed by atoms with Crippen LogP contribution in [0.25, 0.3) is 0 Å². The third-order valence-corrected chi connectivity index (χ3v) is 4.97. The molecule has 102 valence electrons. The van der Waals surface area contributed by atoms with Gasteiger partial charge < -0.3 is 31.1 Å². The molecule has 1 amide bonds. The van der Waals surface area contributed by atoms with Gasteiger partial charge in [-0.2, -0.15) is 0 Å². The Kier molecular flexibility index (Phi) is 4.09. The summed E-state index contributed by atoms with van der Waals surface area (Å²) in [6.45, 7) is -0.549. The Morgan fingerprint density at radius 3 is 2.67 bits per heavy atom. The number of thiocarbonyl (C=S) groups is 1. The van der Waals surface area contributed by atoms with Crippen LogP contribution in [0.4, 0.5) is 0 Å². The number of aliphatic hydroxyl groups is 4. The van der Waals surface area contributed by atoms with Crippen molar-refractivity contribution in [1.82, 2.24) is 10.6 Å². The Morgan fingerprint density at radius 1 is 1.39 bits per heavy atom. The molecule has 0 aromatic heterocycles. The second-order valence-corrected chi connectivity index (χ2v) is 5.97. The molecule has 0 aromatic carbocycles. The maximum absolute atomic E-state index is 11.8. The van der Waals surface area contributed by atoms with Crippen molar-refractivity contribution in [3.8, 4) is 0 Å². The molecule has 0 bridgehead atoms. The fourth-order valence-electron chi connectivity index (χ4n) is 2.10. The summed E-state index contributed by atoms with van der Waals surface area (Å²) in [5.41, 5.74) is 0. The van der Waals surface area contributed by atoms with Crippen molar-refractivity contribution >= 4 is 35.0 Å². The lowest BCUT2D eigenvalue weighted by Crippen LogP contribution is -2.70. The van der Waals surface area contributed by atoms with E-state index in [0.29, 0.717) is 0 Å². The predicted octanol–water partition coefficient (Wildman–Crippen LogP) is -3.08. The minimum Gasteiger partial charge on any atom is -0.394 e. The molecule has 0 aromatic rings. The second-order valence-electron chi connectivity index (χ2n) is 4.24. The summed E-state index contributed by atoms with van der Waals surface area (Å²) in [6, 6.07) is -0.701. The average Bonchev–Trinajstić information content (AvgIpc) is 2.33. The number of carbonyl (C=O) groups is 1. The van der Waals surface area contributed by atoms with E-state index in [4.69, 9.17) is 17.3 Å². The highest BCUT2D eigenvalue weighted by Gasteiger charge is 2.50. The first-order valence-corrected chi connectivity index (χ1v) is 6.72. The Hall–Kier alpha value is -0.450. The smallest absolute Gasteiger partial charge is 0.241 e. The fraction of sp³-hybridized carbons (Fsp3) is 0.778. The van der Waals surface area contributed by atoms with E-state index in [1.807, 2.05) is 0 Å². The summed E-state index contributed by atoms with van der Waals surface area (Å²) in [5, 5.41) is 42.1. The summed E-state index contributed by atoms with van der Waals surface area (Å²) in [4.78, 5) is 11.8. The van der Waals surface area contributed by atoms with E-state index in [1.165, 1.54) is 0 Å². The Morgan fingerprint density at radius 2 is 2.06 bits per heavy atom. The van der Waals surface area contributed by atoms with Crippen molar-refractivity contribution < 1.29 is 25.2 Å². The second kappa shape index (κ2) is 5.27. The lowest BCUT2D eigenvalue weighted by Gasteiger charge is -2.45. The van der Waals surface area contributed by atoms with Crippen LogP contribution in [0.15, 0.2) is 0 Å². The van der Waals surface area contributed by atoms with Gasteiger partial charge in [0.1, 0.15) is 11.4 Å². The van der Waals surface area contributed by atoms with Gasteiger partial charge in [0.25, 0.3) is 0 Å². The van der Waals surface area contributed by atoms with Gasteiger partial charge in [0, 0.05) is 0 Å². The first kappa shape index (κ1) is 14.0. The Bertz CT molecular complexity index is 369. The normalized spacial score (nSPS) is 41.7. The quantitative estimate of drug-likeness (QED) is 0.297.